The largest absolute Gasteiger partial charge is 0.0951 e. The minimum Gasteiger partial charge on any atom is -0.0951 e. The molecule has 0 spiro atoms. The molecule has 0 aliphatic heterocycles. The summed E-state index contributed by atoms with van der Waals surface area (Å²) in [6.45, 7) is 3.49. The highest BCUT2D eigenvalue weighted by Crippen LogP contribution is 2.27. The van der Waals surface area contributed by atoms with Gasteiger partial charge in [-0.1, -0.05) is 18.4 Å². The zero-order chi connectivity index (χ0) is 5.11. The van der Waals surface area contributed by atoms with Crippen LogP contribution in [0, 0.1) is 17.8 Å². The van der Waals surface area contributed by atoms with Gasteiger partial charge in [0, 0.05) is 5.92 Å². The second kappa shape index (κ2) is 1.84. The normalized spacial score (nSPS) is 17.1. The topological polar surface area (TPSA) is 0 Å². The lowest BCUT2D eigenvalue weighted by Gasteiger charge is -1.64. The number of hydrogen-bond acceptors (Lipinski definition) is 0. The molecule has 1 saturated carbocycles. The first-order valence-electron chi connectivity index (χ1n) is 2.55. The van der Waals surface area contributed by atoms with E-state index in [0.29, 0.717) is 0 Å². The van der Waals surface area contributed by atoms with Gasteiger partial charge in [-0.25, -0.2) is 0 Å². The third kappa shape index (κ3) is 1.45. The lowest BCUT2D eigenvalue weighted by atomic mass is 10.4. The van der Waals surface area contributed by atoms with E-state index in [2.05, 4.69) is 18.4 Å². The summed E-state index contributed by atoms with van der Waals surface area (Å²) < 4.78 is 0. The van der Waals surface area contributed by atoms with E-state index in [1.165, 1.54) is 12.8 Å². The smallest absolute Gasteiger partial charge is 0.0207 e. The number of rotatable bonds is 0. The third-order valence-corrected chi connectivity index (χ3v) is 0.967. The van der Waals surface area contributed by atoms with Gasteiger partial charge in [-0.3, -0.25) is 0 Å². The van der Waals surface area contributed by atoms with Crippen molar-refractivity contribution in [1.29, 1.82) is 0 Å². The van der Waals surface area contributed by atoms with E-state index < -0.39 is 0 Å². The van der Waals surface area contributed by atoms with Gasteiger partial charge in [-0.2, -0.15) is 0 Å². The van der Waals surface area contributed by atoms with Crippen LogP contribution in [0.25, 0.3) is 0 Å². The van der Waals surface area contributed by atoms with Gasteiger partial charge >= 0.3 is 0 Å². The Bertz CT molecular complexity index is 119. The maximum atomic E-state index is 3.49. The summed E-state index contributed by atoms with van der Waals surface area (Å²) >= 11 is 0. The highest BCUT2D eigenvalue weighted by molar-refractivity contribution is 5.17. The van der Waals surface area contributed by atoms with E-state index >= 15 is 0 Å². The van der Waals surface area contributed by atoms with E-state index in [-0.39, 0.29) is 0 Å². The van der Waals surface area contributed by atoms with Gasteiger partial charge in [0.1, 0.15) is 0 Å². The van der Waals surface area contributed by atoms with Gasteiger partial charge in [0.15, 0.2) is 0 Å². The summed E-state index contributed by atoms with van der Waals surface area (Å²) in [6, 6.07) is 0. The second-order valence-corrected chi connectivity index (χ2v) is 1.77. The van der Waals surface area contributed by atoms with Gasteiger partial charge in [-0.05, 0) is 18.9 Å². The van der Waals surface area contributed by atoms with Gasteiger partial charge in [0.05, 0.1) is 0 Å². The minimum absolute atomic E-state index is 0.720. The molecule has 7 heavy (non-hydrogen) atoms. The average molecular weight is 92.1 g/mol. The van der Waals surface area contributed by atoms with Crippen LogP contribution in [-0.2, 0) is 0 Å². The Hall–Kier alpha value is -0.700. The highest BCUT2D eigenvalue weighted by atomic mass is 14.2. The molecule has 0 N–H and O–H groups in total. The molecule has 0 unspecified atom stereocenters. The molecule has 0 amide bonds. The van der Waals surface area contributed by atoms with E-state index in [0.717, 1.165) is 5.92 Å². The third-order valence-electron chi connectivity index (χ3n) is 0.967. The van der Waals surface area contributed by atoms with Crippen molar-refractivity contribution in [2.75, 3.05) is 0 Å². The summed E-state index contributed by atoms with van der Waals surface area (Å²) in [5, 5.41) is 0. The summed E-state index contributed by atoms with van der Waals surface area (Å²) in [5.74, 6) is 6.58. The van der Waals surface area contributed by atoms with Crippen LogP contribution in [0.1, 0.15) is 12.8 Å². The molecule has 1 aliphatic carbocycles. The van der Waals surface area contributed by atoms with E-state index in [9.17, 15) is 0 Å². The number of allylic oxidation sites excluding steroid dienone is 1. The molecule has 0 atom stereocenters. The molecular weight excluding hydrogens is 84.1 g/mol. The van der Waals surface area contributed by atoms with Gasteiger partial charge in [-0.15, -0.1) is 0 Å². The quantitative estimate of drug-likeness (QED) is 0.398. The van der Waals surface area contributed by atoms with Crippen LogP contribution in [0.3, 0.4) is 0 Å². The molecule has 0 heterocycles. The van der Waals surface area contributed by atoms with Gasteiger partial charge < -0.3 is 0 Å². The molecule has 0 aromatic rings. The zero-order valence-corrected chi connectivity index (χ0v) is 4.28. The summed E-state index contributed by atoms with van der Waals surface area (Å²) in [4.78, 5) is 0. The van der Waals surface area contributed by atoms with Crippen molar-refractivity contribution in [3.63, 3.8) is 0 Å². The SMILES string of the molecule is C=CC#CC1CC1. The summed E-state index contributed by atoms with van der Waals surface area (Å²) in [6.07, 6.45) is 4.26. The second-order valence-electron chi connectivity index (χ2n) is 1.77. The van der Waals surface area contributed by atoms with E-state index in [1.54, 1.807) is 6.08 Å². The van der Waals surface area contributed by atoms with Crippen LogP contribution in [0.2, 0.25) is 0 Å². The predicted octanol–water partition coefficient (Wildman–Crippen LogP) is 1.59. The fraction of sp³-hybridized carbons (Fsp3) is 0.429. The average Bonchev–Trinajstić information content (AvgIpc) is 2.42. The summed E-state index contributed by atoms with van der Waals surface area (Å²) in [7, 11) is 0. The Balaban J connectivity index is 2.28. The standard InChI is InChI=1S/C7H8/c1-2-3-4-7-5-6-7/h2,7H,1,5-6H2. The molecule has 0 bridgehead atoms. The molecule has 0 aromatic heterocycles. The molecule has 36 valence electrons. The molecule has 1 rings (SSSR count). The molecular formula is C7H8. The zero-order valence-electron chi connectivity index (χ0n) is 4.28. The summed E-state index contributed by atoms with van der Waals surface area (Å²) in [5.41, 5.74) is 0. The molecule has 0 heteroatoms. The fourth-order valence-electron chi connectivity index (χ4n) is 0.404. The fourth-order valence-corrected chi connectivity index (χ4v) is 0.404. The van der Waals surface area contributed by atoms with Crippen LogP contribution in [0.15, 0.2) is 12.7 Å². The maximum Gasteiger partial charge on any atom is 0.0207 e. The first-order chi connectivity index (χ1) is 3.43. The van der Waals surface area contributed by atoms with Crippen molar-refractivity contribution in [3.05, 3.63) is 12.7 Å². The van der Waals surface area contributed by atoms with Crippen LogP contribution in [-0.4, -0.2) is 0 Å². The Morgan fingerprint density at radius 3 is 2.71 bits per heavy atom. The molecule has 0 radical (unpaired) electrons. The van der Waals surface area contributed by atoms with Crippen molar-refractivity contribution in [1.82, 2.24) is 0 Å². The van der Waals surface area contributed by atoms with Gasteiger partial charge in [0.25, 0.3) is 0 Å². The van der Waals surface area contributed by atoms with E-state index in [4.69, 9.17) is 0 Å². The molecule has 0 saturated heterocycles. The first kappa shape index (κ1) is 4.46. The van der Waals surface area contributed by atoms with Crippen LogP contribution < -0.4 is 0 Å². The molecule has 0 aromatic carbocycles. The van der Waals surface area contributed by atoms with E-state index in [1.807, 2.05) is 0 Å². The predicted molar refractivity (Wildman–Crippen MR) is 30.7 cm³/mol. The van der Waals surface area contributed by atoms with Crippen molar-refractivity contribution >= 4 is 0 Å². The van der Waals surface area contributed by atoms with Crippen molar-refractivity contribution in [2.45, 2.75) is 12.8 Å². The first-order valence-corrected chi connectivity index (χ1v) is 2.55. The van der Waals surface area contributed by atoms with Crippen LogP contribution in [0.5, 0.6) is 0 Å². The van der Waals surface area contributed by atoms with Crippen molar-refractivity contribution < 1.29 is 0 Å². The van der Waals surface area contributed by atoms with Crippen molar-refractivity contribution in [2.24, 2.45) is 5.92 Å². The maximum absolute atomic E-state index is 3.49. The lowest BCUT2D eigenvalue weighted by molar-refractivity contribution is 1.18. The molecule has 0 nitrogen and oxygen atoms in total. The van der Waals surface area contributed by atoms with Crippen LogP contribution in [0.4, 0.5) is 0 Å². The molecule has 1 aliphatic rings. The Morgan fingerprint density at radius 2 is 2.29 bits per heavy atom. The monoisotopic (exact) mass is 92.1 g/mol. The highest BCUT2D eigenvalue weighted by Gasteiger charge is 2.17. The van der Waals surface area contributed by atoms with Crippen molar-refractivity contribution in [3.8, 4) is 11.8 Å². The van der Waals surface area contributed by atoms with Crippen LogP contribution >= 0.6 is 0 Å². The Kier molecular flexibility index (Phi) is 1.17. The Morgan fingerprint density at radius 1 is 1.57 bits per heavy atom. The minimum atomic E-state index is 0.720. The lowest BCUT2D eigenvalue weighted by Crippen LogP contribution is -1.57. The number of hydrogen-bond donors (Lipinski definition) is 0. The van der Waals surface area contributed by atoms with Gasteiger partial charge in [0.2, 0.25) is 0 Å². The Labute approximate surface area is 44.2 Å². The molecule has 1 fully saturated rings.